The molecule has 0 aromatic heterocycles. The SMILES string of the molecule is O=Cc1ccc(F)cc1.O=[N+]([O-])/C=C/c1ccc(F)cc1. The zero-order valence-corrected chi connectivity index (χ0v) is 10.8. The Balaban J connectivity index is 0.000000219. The maximum atomic E-state index is 12.3. The molecule has 0 atom stereocenters. The number of hydrogen-bond acceptors (Lipinski definition) is 3. The van der Waals surface area contributed by atoms with Gasteiger partial charge in [-0.2, -0.15) is 0 Å². The molecule has 0 saturated carbocycles. The zero-order valence-electron chi connectivity index (χ0n) is 10.8. The third-order valence-electron chi connectivity index (χ3n) is 2.26. The van der Waals surface area contributed by atoms with Crippen molar-refractivity contribution in [3.63, 3.8) is 0 Å². The van der Waals surface area contributed by atoms with Gasteiger partial charge in [0, 0.05) is 11.6 Å². The smallest absolute Gasteiger partial charge is 0.235 e. The summed E-state index contributed by atoms with van der Waals surface area (Å²) >= 11 is 0. The van der Waals surface area contributed by atoms with Crippen molar-refractivity contribution in [3.05, 3.63) is 87.6 Å². The van der Waals surface area contributed by atoms with E-state index in [0.717, 1.165) is 6.20 Å². The number of hydrogen-bond donors (Lipinski definition) is 0. The van der Waals surface area contributed by atoms with Crippen molar-refractivity contribution in [2.75, 3.05) is 0 Å². The lowest BCUT2D eigenvalue weighted by molar-refractivity contribution is -0.400. The largest absolute Gasteiger partial charge is 0.298 e. The summed E-state index contributed by atoms with van der Waals surface area (Å²) in [6.07, 6.45) is 2.80. The molecule has 4 nitrogen and oxygen atoms in total. The van der Waals surface area contributed by atoms with Crippen molar-refractivity contribution in [2.24, 2.45) is 0 Å². The van der Waals surface area contributed by atoms with Gasteiger partial charge in [0.2, 0.25) is 6.20 Å². The van der Waals surface area contributed by atoms with Gasteiger partial charge in [-0.15, -0.1) is 0 Å². The molecule has 0 fully saturated rings. The van der Waals surface area contributed by atoms with Gasteiger partial charge >= 0.3 is 0 Å². The lowest BCUT2D eigenvalue weighted by Crippen LogP contribution is -1.82. The molecular weight excluding hydrogens is 280 g/mol. The summed E-state index contributed by atoms with van der Waals surface area (Å²) in [4.78, 5) is 19.3. The summed E-state index contributed by atoms with van der Waals surface area (Å²) in [6, 6.07) is 10.8. The summed E-state index contributed by atoms with van der Waals surface area (Å²) in [7, 11) is 0. The molecule has 0 heterocycles. The van der Waals surface area contributed by atoms with Gasteiger partial charge in [0.05, 0.1) is 4.92 Å². The zero-order chi connectivity index (χ0) is 15.7. The number of rotatable bonds is 3. The van der Waals surface area contributed by atoms with Gasteiger partial charge in [0.15, 0.2) is 0 Å². The van der Waals surface area contributed by atoms with E-state index >= 15 is 0 Å². The average molecular weight is 291 g/mol. The van der Waals surface area contributed by atoms with E-state index in [9.17, 15) is 23.7 Å². The van der Waals surface area contributed by atoms with E-state index in [2.05, 4.69) is 0 Å². The molecular formula is C15H11F2NO3. The molecule has 0 aliphatic carbocycles. The van der Waals surface area contributed by atoms with E-state index in [-0.39, 0.29) is 11.6 Å². The van der Waals surface area contributed by atoms with Gasteiger partial charge in [0.25, 0.3) is 0 Å². The van der Waals surface area contributed by atoms with Crippen LogP contribution in [-0.4, -0.2) is 11.2 Å². The van der Waals surface area contributed by atoms with Crippen molar-refractivity contribution < 1.29 is 18.5 Å². The molecule has 0 bridgehead atoms. The Hall–Kier alpha value is -2.89. The van der Waals surface area contributed by atoms with E-state index in [4.69, 9.17) is 0 Å². The second-order valence-corrected chi connectivity index (χ2v) is 3.82. The number of halogens is 2. The quantitative estimate of drug-likeness (QED) is 0.492. The predicted octanol–water partition coefficient (Wildman–Crippen LogP) is 3.71. The van der Waals surface area contributed by atoms with Crippen molar-refractivity contribution >= 4 is 12.4 Å². The first-order chi connectivity index (χ1) is 10.0. The minimum Gasteiger partial charge on any atom is -0.298 e. The molecule has 2 aromatic rings. The molecule has 0 aliphatic heterocycles. The van der Waals surface area contributed by atoms with Gasteiger partial charge in [0.1, 0.15) is 17.9 Å². The van der Waals surface area contributed by atoms with Gasteiger partial charge in [-0.05, 0) is 42.0 Å². The molecule has 108 valence electrons. The van der Waals surface area contributed by atoms with Crippen LogP contribution in [0.3, 0.4) is 0 Å². The highest BCUT2D eigenvalue weighted by Gasteiger charge is 1.91. The van der Waals surface area contributed by atoms with Crippen molar-refractivity contribution in [1.29, 1.82) is 0 Å². The van der Waals surface area contributed by atoms with Crippen LogP contribution in [0.15, 0.2) is 54.7 Å². The normalized spacial score (nSPS) is 9.81. The van der Waals surface area contributed by atoms with Crippen LogP contribution in [0.25, 0.3) is 6.08 Å². The summed E-state index contributed by atoms with van der Waals surface area (Å²) < 4.78 is 24.4. The molecule has 0 aliphatic rings. The minimum atomic E-state index is -0.566. The summed E-state index contributed by atoms with van der Waals surface area (Å²) in [5, 5.41) is 9.88. The lowest BCUT2D eigenvalue weighted by atomic mass is 10.2. The molecule has 0 unspecified atom stereocenters. The summed E-state index contributed by atoms with van der Waals surface area (Å²) in [6.45, 7) is 0. The highest BCUT2D eigenvalue weighted by molar-refractivity contribution is 5.74. The monoisotopic (exact) mass is 291 g/mol. The highest BCUT2D eigenvalue weighted by atomic mass is 19.1. The van der Waals surface area contributed by atoms with Crippen LogP contribution in [0.4, 0.5) is 8.78 Å². The molecule has 0 saturated heterocycles. The third-order valence-corrected chi connectivity index (χ3v) is 2.26. The van der Waals surface area contributed by atoms with E-state index in [1.165, 1.54) is 54.6 Å². The second-order valence-electron chi connectivity index (χ2n) is 3.82. The Morgan fingerprint density at radius 1 is 0.857 bits per heavy atom. The molecule has 0 N–H and O–H groups in total. The number of nitrogens with zero attached hydrogens (tertiary/aromatic N) is 1. The van der Waals surface area contributed by atoms with Crippen LogP contribution in [0.1, 0.15) is 15.9 Å². The fourth-order valence-electron chi connectivity index (χ4n) is 1.26. The van der Waals surface area contributed by atoms with Crippen LogP contribution in [0.2, 0.25) is 0 Å². The first kappa shape index (κ1) is 16.2. The number of benzene rings is 2. The molecule has 2 aromatic carbocycles. The Kier molecular flexibility index (Phi) is 6.40. The fourth-order valence-corrected chi connectivity index (χ4v) is 1.26. The van der Waals surface area contributed by atoms with E-state index in [1.54, 1.807) is 0 Å². The molecule has 0 radical (unpaired) electrons. The van der Waals surface area contributed by atoms with Crippen LogP contribution in [-0.2, 0) is 0 Å². The van der Waals surface area contributed by atoms with Crippen molar-refractivity contribution in [3.8, 4) is 0 Å². The van der Waals surface area contributed by atoms with Crippen LogP contribution in [0, 0.1) is 21.7 Å². The minimum absolute atomic E-state index is 0.319. The average Bonchev–Trinajstić information content (AvgIpc) is 2.48. The summed E-state index contributed by atoms with van der Waals surface area (Å²) in [5.74, 6) is -0.672. The Bertz CT molecular complexity index is 622. The Morgan fingerprint density at radius 2 is 1.29 bits per heavy atom. The molecule has 21 heavy (non-hydrogen) atoms. The summed E-state index contributed by atoms with van der Waals surface area (Å²) in [5.41, 5.74) is 1.10. The van der Waals surface area contributed by atoms with E-state index < -0.39 is 4.92 Å². The third kappa shape index (κ3) is 6.72. The first-order valence-electron chi connectivity index (χ1n) is 5.79. The van der Waals surface area contributed by atoms with E-state index in [1.807, 2.05) is 0 Å². The highest BCUT2D eigenvalue weighted by Crippen LogP contribution is 2.04. The molecule has 6 heteroatoms. The number of carbonyl (C=O) groups excluding carboxylic acids is 1. The molecule has 0 spiro atoms. The fraction of sp³-hybridized carbons (Fsp3) is 0. The van der Waals surface area contributed by atoms with Crippen LogP contribution in [0.5, 0.6) is 0 Å². The Labute approximate surface area is 119 Å². The van der Waals surface area contributed by atoms with Gasteiger partial charge in [-0.3, -0.25) is 14.9 Å². The van der Waals surface area contributed by atoms with Gasteiger partial charge < -0.3 is 0 Å². The maximum absolute atomic E-state index is 12.3. The number of nitro groups is 1. The number of aldehydes is 1. The standard InChI is InChI=1S/C8H6FNO2.C7H5FO/c9-8-3-1-7(2-4-8)5-6-10(11)12;8-7-3-1-6(5-9)2-4-7/h1-6H;1-5H/b6-5+;. The number of carbonyl (C=O) groups is 1. The van der Waals surface area contributed by atoms with Gasteiger partial charge in [-0.1, -0.05) is 12.1 Å². The van der Waals surface area contributed by atoms with Crippen LogP contribution >= 0.6 is 0 Å². The maximum Gasteiger partial charge on any atom is 0.235 e. The Morgan fingerprint density at radius 3 is 1.67 bits per heavy atom. The second kappa shape index (κ2) is 8.31. The molecule has 0 amide bonds. The molecule has 2 rings (SSSR count). The van der Waals surface area contributed by atoms with Crippen molar-refractivity contribution in [1.82, 2.24) is 0 Å². The van der Waals surface area contributed by atoms with E-state index in [0.29, 0.717) is 17.4 Å². The topological polar surface area (TPSA) is 60.2 Å². The predicted molar refractivity (Wildman–Crippen MR) is 74.2 cm³/mol. The van der Waals surface area contributed by atoms with Crippen LogP contribution < -0.4 is 0 Å². The first-order valence-corrected chi connectivity index (χ1v) is 5.79. The van der Waals surface area contributed by atoms with Gasteiger partial charge in [-0.25, -0.2) is 8.78 Å². The lowest BCUT2D eigenvalue weighted by Gasteiger charge is -1.89. The van der Waals surface area contributed by atoms with Crippen molar-refractivity contribution in [2.45, 2.75) is 0 Å².